The minimum Gasteiger partial charge on any atom is -0.497 e. The largest absolute Gasteiger partial charge is 0.497 e. The van der Waals surface area contributed by atoms with Crippen LogP contribution in [0.2, 0.25) is 0 Å². The Morgan fingerprint density at radius 2 is 1.45 bits per heavy atom. The van der Waals surface area contributed by atoms with Crippen LogP contribution >= 0.6 is 0 Å². The van der Waals surface area contributed by atoms with Gasteiger partial charge in [-0.15, -0.1) is 0 Å². The Labute approximate surface area is 184 Å². The molecule has 0 aromatic heterocycles. The van der Waals surface area contributed by atoms with Gasteiger partial charge in [-0.1, -0.05) is 6.07 Å². The van der Waals surface area contributed by atoms with Gasteiger partial charge in [0.15, 0.2) is 0 Å². The molecule has 1 fully saturated rings. The Balaban J connectivity index is 1.95. The van der Waals surface area contributed by atoms with Crippen molar-refractivity contribution in [1.29, 1.82) is 0 Å². The first-order valence-electron chi connectivity index (χ1n) is 9.93. The van der Waals surface area contributed by atoms with Crippen LogP contribution in [-0.2, 0) is 20.0 Å². The smallest absolute Gasteiger partial charge is 0.262 e. The number of nitrogens with one attached hydrogen (secondary N) is 1. The van der Waals surface area contributed by atoms with E-state index in [4.69, 9.17) is 4.74 Å². The van der Waals surface area contributed by atoms with Crippen molar-refractivity contribution in [3.8, 4) is 5.75 Å². The summed E-state index contributed by atoms with van der Waals surface area (Å²) in [6, 6.07) is 7.90. The van der Waals surface area contributed by atoms with Crippen LogP contribution in [0.5, 0.6) is 5.75 Å². The molecule has 10 heteroatoms. The van der Waals surface area contributed by atoms with Crippen molar-refractivity contribution in [2.24, 2.45) is 0 Å². The molecule has 1 aliphatic heterocycles. The topological polar surface area (TPSA) is 96.0 Å². The average Bonchev–Trinajstić information content (AvgIpc) is 2.68. The summed E-state index contributed by atoms with van der Waals surface area (Å²) in [6.07, 6.45) is 0. The van der Waals surface area contributed by atoms with E-state index in [1.54, 1.807) is 45.0 Å². The molecule has 1 aliphatic rings. The number of rotatable bonds is 6. The summed E-state index contributed by atoms with van der Waals surface area (Å²) in [5.41, 5.74) is 1.86. The molecule has 0 unspecified atom stereocenters. The average molecular weight is 468 g/mol. The van der Waals surface area contributed by atoms with E-state index in [0.29, 0.717) is 48.6 Å². The van der Waals surface area contributed by atoms with Crippen molar-refractivity contribution >= 4 is 25.7 Å². The third-order valence-electron chi connectivity index (χ3n) is 5.46. The predicted octanol–water partition coefficient (Wildman–Crippen LogP) is 2.36. The molecule has 8 nitrogen and oxygen atoms in total. The van der Waals surface area contributed by atoms with E-state index in [1.807, 2.05) is 7.05 Å². The summed E-state index contributed by atoms with van der Waals surface area (Å²) in [6.45, 7) is 7.21. The predicted molar refractivity (Wildman–Crippen MR) is 121 cm³/mol. The van der Waals surface area contributed by atoms with E-state index in [-0.39, 0.29) is 15.5 Å². The Hall–Kier alpha value is -2.14. The van der Waals surface area contributed by atoms with Gasteiger partial charge in [0.05, 0.1) is 22.6 Å². The third kappa shape index (κ3) is 4.87. The van der Waals surface area contributed by atoms with E-state index < -0.39 is 20.0 Å². The van der Waals surface area contributed by atoms with Crippen LogP contribution in [0.3, 0.4) is 0 Å². The van der Waals surface area contributed by atoms with Gasteiger partial charge in [-0.2, -0.15) is 4.31 Å². The molecule has 1 N–H and O–H groups in total. The molecule has 1 heterocycles. The van der Waals surface area contributed by atoms with E-state index in [1.165, 1.54) is 17.5 Å². The van der Waals surface area contributed by atoms with Gasteiger partial charge < -0.3 is 9.64 Å². The maximum atomic E-state index is 13.2. The highest BCUT2D eigenvalue weighted by atomic mass is 32.2. The van der Waals surface area contributed by atoms with Gasteiger partial charge in [0.25, 0.3) is 10.0 Å². The number of anilines is 1. The maximum absolute atomic E-state index is 13.2. The summed E-state index contributed by atoms with van der Waals surface area (Å²) in [5, 5.41) is 0. The van der Waals surface area contributed by atoms with Gasteiger partial charge in [0.1, 0.15) is 5.75 Å². The van der Waals surface area contributed by atoms with Gasteiger partial charge >= 0.3 is 0 Å². The lowest BCUT2D eigenvalue weighted by Crippen LogP contribution is -2.47. The van der Waals surface area contributed by atoms with Gasteiger partial charge in [0, 0.05) is 26.2 Å². The zero-order valence-corrected chi connectivity index (χ0v) is 20.1. The quantitative estimate of drug-likeness (QED) is 0.701. The van der Waals surface area contributed by atoms with E-state index in [2.05, 4.69) is 9.62 Å². The molecule has 0 bridgehead atoms. The summed E-state index contributed by atoms with van der Waals surface area (Å²) in [7, 11) is -4.18. The lowest BCUT2D eigenvalue weighted by atomic mass is 10.1. The second kappa shape index (κ2) is 8.78. The number of methoxy groups -OCH3 is 1. The van der Waals surface area contributed by atoms with Crippen LogP contribution in [0.1, 0.15) is 16.7 Å². The zero-order chi connectivity index (χ0) is 23.0. The zero-order valence-electron chi connectivity index (χ0n) is 18.5. The van der Waals surface area contributed by atoms with E-state index in [0.717, 1.165) is 0 Å². The Morgan fingerprint density at radius 1 is 0.871 bits per heavy atom. The fourth-order valence-electron chi connectivity index (χ4n) is 3.77. The number of piperazine rings is 1. The molecule has 1 saturated heterocycles. The standard InChI is InChI=1S/C21H29N3O5S2/c1-15-6-7-18(14-20(15)31(27,28)24-10-8-23(4)9-11-24)22-30(25,26)21-16(2)12-19(29-5)13-17(21)3/h6-7,12-14,22H,8-11H2,1-5H3. The van der Waals surface area contributed by atoms with Crippen LogP contribution in [0.25, 0.3) is 0 Å². The number of ether oxygens (including phenoxy) is 1. The number of sulfonamides is 2. The van der Waals surface area contributed by atoms with Gasteiger partial charge in [-0.3, -0.25) is 4.72 Å². The molecule has 0 radical (unpaired) electrons. The molecule has 0 amide bonds. The molecule has 2 aromatic carbocycles. The molecular formula is C21H29N3O5S2. The highest BCUT2D eigenvalue weighted by Crippen LogP contribution is 2.29. The van der Waals surface area contributed by atoms with Crippen molar-refractivity contribution < 1.29 is 21.6 Å². The van der Waals surface area contributed by atoms with Gasteiger partial charge in [-0.25, -0.2) is 16.8 Å². The first kappa shape index (κ1) is 23.5. The number of likely N-dealkylation sites (N-methyl/N-ethyl adjacent to an activating group) is 1. The number of nitrogens with zero attached hydrogens (tertiary/aromatic N) is 2. The lowest BCUT2D eigenvalue weighted by molar-refractivity contribution is 0.222. The van der Waals surface area contributed by atoms with Crippen LogP contribution in [-0.4, -0.2) is 66.4 Å². The molecule has 0 aliphatic carbocycles. The molecule has 3 rings (SSSR count). The Morgan fingerprint density at radius 3 is 2.00 bits per heavy atom. The van der Waals surface area contributed by atoms with Crippen LogP contribution in [0.4, 0.5) is 5.69 Å². The fourth-order valence-corrected chi connectivity index (χ4v) is 6.95. The highest BCUT2D eigenvalue weighted by Gasteiger charge is 2.29. The van der Waals surface area contributed by atoms with E-state index in [9.17, 15) is 16.8 Å². The summed E-state index contributed by atoms with van der Waals surface area (Å²) in [5.74, 6) is 0.574. The third-order valence-corrected chi connectivity index (χ3v) is 9.19. The second-order valence-corrected chi connectivity index (χ2v) is 11.4. The van der Waals surface area contributed by atoms with Crippen molar-refractivity contribution in [3.63, 3.8) is 0 Å². The van der Waals surface area contributed by atoms with Gasteiger partial charge in [0.2, 0.25) is 10.0 Å². The molecule has 0 saturated carbocycles. The minimum absolute atomic E-state index is 0.112. The maximum Gasteiger partial charge on any atom is 0.262 e. The number of aryl methyl sites for hydroxylation is 3. The fraction of sp³-hybridized carbons (Fsp3) is 0.429. The van der Waals surface area contributed by atoms with Crippen LogP contribution < -0.4 is 9.46 Å². The lowest BCUT2D eigenvalue weighted by Gasteiger charge is -2.32. The second-order valence-electron chi connectivity index (χ2n) is 7.88. The normalized spacial score (nSPS) is 16.3. The Bertz CT molecular complexity index is 1160. The summed E-state index contributed by atoms with van der Waals surface area (Å²) in [4.78, 5) is 2.33. The molecular weight excluding hydrogens is 438 g/mol. The number of hydrogen-bond donors (Lipinski definition) is 1. The van der Waals surface area contributed by atoms with Crippen molar-refractivity contribution in [2.75, 3.05) is 45.1 Å². The highest BCUT2D eigenvalue weighted by molar-refractivity contribution is 7.92. The monoisotopic (exact) mass is 467 g/mol. The molecule has 31 heavy (non-hydrogen) atoms. The van der Waals surface area contributed by atoms with Crippen molar-refractivity contribution in [2.45, 2.75) is 30.6 Å². The van der Waals surface area contributed by atoms with Crippen LogP contribution in [0.15, 0.2) is 40.1 Å². The van der Waals surface area contributed by atoms with Crippen LogP contribution in [0, 0.1) is 20.8 Å². The first-order chi connectivity index (χ1) is 14.5. The van der Waals surface area contributed by atoms with Crippen molar-refractivity contribution in [3.05, 3.63) is 47.0 Å². The molecule has 0 atom stereocenters. The summed E-state index contributed by atoms with van der Waals surface area (Å²) >= 11 is 0. The molecule has 170 valence electrons. The molecule has 2 aromatic rings. The SMILES string of the molecule is COc1cc(C)c(S(=O)(=O)Nc2ccc(C)c(S(=O)(=O)N3CCN(C)CC3)c2)c(C)c1. The number of benzene rings is 2. The first-order valence-corrected chi connectivity index (χ1v) is 12.9. The van der Waals surface area contributed by atoms with E-state index >= 15 is 0 Å². The van der Waals surface area contributed by atoms with Crippen molar-refractivity contribution in [1.82, 2.24) is 9.21 Å². The Kier molecular flexibility index (Phi) is 6.66. The molecule has 0 spiro atoms. The number of hydrogen-bond acceptors (Lipinski definition) is 6. The minimum atomic E-state index is -3.93. The summed E-state index contributed by atoms with van der Waals surface area (Å²) < 4.78 is 61.8. The van der Waals surface area contributed by atoms with Gasteiger partial charge in [-0.05, 0) is 68.8 Å².